The minimum atomic E-state index is -0.975. The highest BCUT2D eigenvalue weighted by Gasteiger charge is 2.44. The van der Waals surface area contributed by atoms with Crippen molar-refractivity contribution >= 4 is 35.2 Å². The number of carbonyl (C=O) groups excluding carboxylic acids is 4. The summed E-state index contributed by atoms with van der Waals surface area (Å²) in [6.07, 6.45) is -1.52. The van der Waals surface area contributed by atoms with Crippen LogP contribution < -0.4 is 10.6 Å². The number of β-amino-alcohol motifs (C(OH)–C–C–N with tert-alkyl or cyclic N) is 1. The summed E-state index contributed by atoms with van der Waals surface area (Å²) >= 11 is 1.33. The zero-order valence-electron chi connectivity index (χ0n) is 24.6. The van der Waals surface area contributed by atoms with E-state index in [1.54, 1.807) is 54.0 Å². The van der Waals surface area contributed by atoms with Crippen molar-refractivity contribution in [3.8, 4) is 10.4 Å². The zero-order chi connectivity index (χ0) is 30.5. The molecule has 11 nitrogen and oxygen atoms in total. The lowest BCUT2D eigenvalue weighted by Gasteiger charge is -2.35. The number of alkyl carbamates (subject to hydrolysis) is 1. The molecule has 0 spiro atoms. The number of nitrogens with zero attached hydrogens (tertiary/aromatic N) is 2. The van der Waals surface area contributed by atoms with Crippen LogP contribution in [-0.4, -0.2) is 75.8 Å². The third-order valence-corrected chi connectivity index (χ3v) is 7.23. The molecule has 1 aliphatic heterocycles. The molecule has 1 aliphatic rings. The third kappa shape index (κ3) is 8.49. The monoisotopic (exact) mass is 588 g/mol. The third-order valence-electron chi connectivity index (χ3n) is 6.36. The molecule has 3 rings (SSSR count). The molecule has 41 heavy (non-hydrogen) atoms. The van der Waals surface area contributed by atoms with Crippen LogP contribution in [0.2, 0.25) is 0 Å². The van der Waals surface area contributed by atoms with E-state index < -0.39 is 53.1 Å². The Kier molecular flexibility index (Phi) is 10.1. The first-order valence-corrected chi connectivity index (χ1v) is 14.4. The highest BCUT2D eigenvalue weighted by molar-refractivity contribution is 7.13. The van der Waals surface area contributed by atoms with Gasteiger partial charge >= 0.3 is 12.1 Å². The van der Waals surface area contributed by atoms with Gasteiger partial charge in [-0.3, -0.25) is 9.59 Å². The van der Waals surface area contributed by atoms with Crippen molar-refractivity contribution < 1.29 is 33.8 Å². The molecule has 2 aromatic rings. The lowest BCUT2D eigenvalue weighted by atomic mass is 9.85. The highest BCUT2D eigenvalue weighted by atomic mass is 32.1. The molecule has 1 fully saturated rings. The lowest BCUT2D eigenvalue weighted by molar-refractivity contribution is -0.142. The maximum Gasteiger partial charge on any atom is 0.408 e. The van der Waals surface area contributed by atoms with E-state index in [9.17, 15) is 24.3 Å². The summed E-state index contributed by atoms with van der Waals surface area (Å²) in [7, 11) is 0. The highest BCUT2D eigenvalue weighted by Crippen LogP contribution is 2.29. The van der Waals surface area contributed by atoms with Gasteiger partial charge in [-0.15, -0.1) is 11.3 Å². The van der Waals surface area contributed by atoms with Crippen LogP contribution in [0, 0.1) is 5.41 Å². The number of benzene rings is 1. The van der Waals surface area contributed by atoms with Crippen molar-refractivity contribution in [1.82, 2.24) is 20.5 Å². The number of hydrogen-bond acceptors (Lipinski definition) is 9. The topological polar surface area (TPSA) is 147 Å². The number of aliphatic hydroxyl groups excluding tert-OH is 1. The van der Waals surface area contributed by atoms with Gasteiger partial charge in [-0.1, -0.05) is 45.0 Å². The summed E-state index contributed by atoms with van der Waals surface area (Å²) in [5.74, 6) is -1.35. The minimum absolute atomic E-state index is 0.0220. The molecule has 1 saturated heterocycles. The number of nitrogens with one attached hydrogen (secondary N) is 2. The van der Waals surface area contributed by atoms with Crippen LogP contribution in [-0.2, 0) is 25.6 Å². The summed E-state index contributed by atoms with van der Waals surface area (Å²) in [5.41, 5.74) is 2.02. The number of rotatable bonds is 8. The average molecular weight is 589 g/mol. The summed E-state index contributed by atoms with van der Waals surface area (Å²) in [5, 5.41) is 15.9. The van der Waals surface area contributed by atoms with Gasteiger partial charge in [-0.05, 0) is 44.2 Å². The van der Waals surface area contributed by atoms with Crippen LogP contribution in [0.1, 0.15) is 70.9 Å². The zero-order valence-corrected chi connectivity index (χ0v) is 25.5. The molecule has 3 N–H and O–H groups in total. The number of ether oxygens (including phenoxy) is 2. The standard InChI is InChI=1S/C29H40N4O7S/c1-8-39-26(37)21-22(41-16-31-21)18-11-9-17(10-12-18)14-30-24(35)20-13-19(34)15-33(20)25(36)23(28(2,3)4)32-27(38)40-29(5,6)7/h9-12,16,19-20,23,34H,8,13-15H2,1-7H3,(H,30,35)(H,32,38)/t19-,20+,23-/m1/s1. The smallest absolute Gasteiger partial charge is 0.408 e. The molecule has 3 atom stereocenters. The molecule has 0 aliphatic carbocycles. The first-order chi connectivity index (χ1) is 19.1. The van der Waals surface area contributed by atoms with E-state index in [2.05, 4.69) is 15.6 Å². The predicted octanol–water partition coefficient (Wildman–Crippen LogP) is 3.50. The van der Waals surface area contributed by atoms with Crippen LogP contribution in [0.4, 0.5) is 4.79 Å². The van der Waals surface area contributed by atoms with Crippen molar-refractivity contribution in [2.75, 3.05) is 13.2 Å². The van der Waals surface area contributed by atoms with Gasteiger partial charge in [-0.2, -0.15) is 0 Å². The Bertz CT molecular complexity index is 1250. The van der Waals surface area contributed by atoms with Crippen LogP contribution in [0.5, 0.6) is 0 Å². The van der Waals surface area contributed by atoms with Gasteiger partial charge in [0.25, 0.3) is 0 Å². The van der Waals surface area contributed by atoms with E-state index in [1.165, 1.54) is 16.2 Å². The van der Waals surface area contributed by atoms with E-state index in [0.29, 0.717) is 4.88 Å². The van der Waals surface area contributed by atoms with Gasteiger partial charge in [0.2, 0.25) is 11.8 Å². The Morgan fingerprint density at radius 2 is 1.78 bits per heavy atom. The van der Waals surface area contributed by atoms with Gasteiger partial charge in [0.05, 0.1) is 23.1 Å². The lowest BCUT2D eigenvalue weighted by Crippen LogP contribution is -2.58. The molecular weight excluding hydrogens is 548 g/mol. The molecule has 12 heteroatoms. The number of esters is 1. The van der Waals surface area contributed by atoms with Crippen molar-refractivity contribution in [2.24, 2.45) is 5.41 Å². The first kappa shape index (κ1) is 32.0. The maximum absolute atomic E-state index is 13.6. The van der Waals surface area contributed by atoms with Crippen LogP contribution in [0.3, 0.4) is 0 Å². The second-order valence-electron chi connectivity index (χ2n) is 12.0. The fourth-order valence-electron chi connectivity index (χ4n) is 4.42. The van der Waals surface area contributed by atoms with Crippen molar-refractivity contribution in [2.45, 2.75) is 85.2 Å². The summed E-state index contributed by atoms with van der Waals surface area (Å²) < 4.78 is 10.4. The molecule has 0 radical (unpaired) electrons. The van der Waals surface area contributed by atoms with Crippen molar-refractivity contribution in [1.29, 1.82) is 0 Å². The number of aliphatic hydroxyl groups is 1. The summed E-state index contributed by atoms with van der Waals surface area (Å²) in [4.78, 5) is 57.7. The number of carbonyl (C=O) groups is 4. The van der Waals surface area contributed by atoms with Gasteiger partial charge in [0.15, 0.2) is 5.69 Å². The molecule has 0 saturated carbocycles. The Labute approximate surface area is 244 Å². The van der Waals surface area contributed by atoms with Crippen molar-refractivity contribution in [3.05, 3.63) is 41.0 Å². The van der Waals surface area contributed by atoms with Gasteiger partial charge in [0, 0.05) is 19.5 Å². The Morgan fingerprint density at radius 1 is 1.12 bits per heavy atom. The Balaban J connectivity index is 1.68. The fourth-order valence-corrected chi connectivity index (χ4v) is 5.21. The molecule has 224 valence electrons. The second-order valence-corrected chi connectivity index (χ2v) is 12.9. The number of likely N-dealkylation sites (tertiary alicyclic amines) is 1. The molecule has 2 heterocycles. The van der Waals surface area contributed by atoms with Gasteiger partial charge in [0.1, 0.15) is 17.7 Å². The van der Waals surface area contributed by atoms with Crippen LogP contribution in [0.25, 0.3) is 10.4 Å². The van der Waals surface area contributed by atoms with Gasteiger partial charge in [-0.25, -0.2) is 14.6 Å². The average Bonchev–Trinajstić information content (AvgIpc) is 3.51. The predicted molar refractivity (Wildman–Crippen MR) is 154 cm³/mol. The largest absolute Gasteiger partial charge is 0.461 e. The van der Waals surface area contributed by atoms with Crippen LogP contribution >= 0.6 is 11.3 Å². The van der Waals surface area contributed by atoms with E-state index in [-0.39, 0.29) is 31.8 Å². The fraction of sp³-hybridized carbons (Fsp3) is 0.552. The van der Waals surface area contributed by atoms with Crippen LogP contribution in [0.15, 0.2) is 29.8 Å². The second kappa shape index (κ2) is 13.0. The summed E-state index contributed by atoms with van der Waals surface area (Å²) in [6, 6.07) is 5.46. The SMILES string of the molecule is CCOC(=O)c1ncsc1-c1ccc(CNC(=O)[C@@H]2C[C@@H](O)CN2C(=O)[C@@H](NC(=O)OC(C)(C)C)C(C)(C)C)cc1. The molecular formula is C29H40N4O7S. The molecule has 3 amide bonds. The number of aromatic nitrogens is 1. The molecule has 0 bridgehead atoms. The number of thiazole rings is 1. The van der Waals surface area contributed by atoms with Gasteiger partial charge < -0.3 is 30.1 Å². The quantitative estimate of drug-likeness (QED) is 0.397. The van der Waals surface area contributed by atoms with E-state index in [4.69, 9.17) is 9.47 Å². The summed E-state index contributed by atoms with van der Waals surface area (Å²) in [6.45, 7) is 12.8. The molecule has 1 aromatic carbocycles. The number of hydrogen-bond donors (Lipinski definition) is 3. The minimum Gasteiger partial charge on any atom is -0.461 e. The first-order valence-electron chi connectivity index (χ1n) is 13.6. The van der Waals surface area contributed by atoms with Crippen molar-refractivity contribution in [3.63, 3.8) is 0 Å². The normalized spacial score (nSPS) is 18.0. The molecule has 1 aromatic heterocycles. The van der Waals surface area contributed by atoms with E-state index >= 15 is 0 Å². The number of amides is 3. The maximum atomic E-state index is 13.6. The molecule has 0 unspecified atom stereocenters. The van der Waals surface area contributed by atoms with E-state index in [1.807, 2.05) is 24.3 Å². The Morgan fingerprint density at radius 3 is 2.37 bits per heavy atom. The van der Waals surface area contributed by atoms with E-state index in [0.717, 1.165) is 11.1 Å². The Hall–Kier alpha value is -3.51.